The molecule has 0 spiro atoms. The monoisotopic (exact) mass is 334 g/mol. The molecule has 0 aromatic heterocycles. The molecule has 2 N–H and O–H groups in total. The van der Waals surface area contributed by atoms with Crippen LogP contribution >= 0.6 is 15.9 Å². The number of nitrogens with two attached hydrogens (primary N) is 1. The third kappa shape index (κ3) is 2.34. The molecule has 0 aliphatic carbocycles. The van der Waals surface area contributed by atoms with E-state index in [9.17, 15) is 4.39 Å². The molecule has 4 heteroatoms. The summed E-state index contributed by atoms with van der Waals surface area (Å²) in [5.41, 5.74) is 10.2. The van der Waals surface area contributed by atoms with Crippen molar-refractivity contribution in [3.63, 3.8) is 0 Å². The van der Waals surface area contributed by atoms with Crippen LogP contribution in [0.3, 0.4) is 0 Å². The minimum Gasteiger partial charge on any atom is -0.340 e. The number of rotatable bonds is 2. The van der Waals surface area contributed by atoms with E-state index in [4.69, 9.17) is 5.73 Å². The summed E-state index contributed by atoms with van der Waals surface area (Å²) in [5, 5.41) is 0. The number of nitrogens with zero attached hydrogens (tertiary/aromatic N) is 1. The van der Waals surface area contributed by atoms with Crippen molar-refractivity contribution in [1.29, 1.82) is 0 Å². The molecule has 0 saturated carbocycles. The maximum atomic E-state index is 13.5. The lowest BCUT2D eigenvalue weighted by Gasteiger charge is -2.22. The van der Waals surface area contributed by atoms with Crippen LogP contribution in [0.2, 0.25) is 0 Å². The minimum atomic E-state index is -0.195. The second-order valence-corrected chi connectivity index (χ2v) is 6.03. The van der Waals surface area contributed by atoms with E-state index in [0.29, 0.717) is 0 Å². The quantitative estimate of drug-likeness (QED) is 0.886. The third-order valence-electron chi connectivity index (χ3n) is 3.73. The van der Waals surface area contributed by atoms with Crippen molar-refractivity contribution in [1.82, 2.24) is 0 Å². The molecule has 0 fully saturated rings. The van der Waals surface area contributed by atoms with Crippen LogP contribution in [0, 0.1) is 5.82 Å². The lowest BCUT2D eigenvalue weighted by molar-refractivity contribution is 0.628. The maximum absolute atomic E-state index is 13.5. The van der Waals surface area contributed by atoms with Gasteiger partial charge in [-0.2, -0.15) is 0 Å². The Morgan fingerprint density at radius 2 is 2.00 bits per heavy atom. The lowest BCUT2D eigenvalue weighted by atomic mass is 10.1. The van der Waals surface area contributed by atoms with Gasteiger partial charge < -0.3 is 10.6 Å². The SMILES string of the molecule is C[C@H](N)c1ccc(N2CCc3ccc(F)cc32)c(Br)c1. The molecule has 1 atom stereocenters. The largest absolute Gasteiger partial charge is 0.340 e. The van der Waals surface area contributed by atoms with Gasteiger partial charge in [-0.25, -0.2) is 4.39 Å². The van der Waals surface area contributed by atoms with Crippen LogP contribution in [0.25, 0.3) is 0 Å². The Bertz CT molecular complexity index is 655. The zero-order valence-corrected chi connectivity index (χ0v) is 12.8. The van der Waals surface area contributed by atoms with E-state index in [2.05, 4.69) is 20.8 Å². The molecule has 3 rings (SSSR count). The molecule has 2 aromatic rings. The summed E-state index contributed by atoms with van der Waals surface area (Å²) in [7, 11) is 0. The average Bonchev–Trinajstić information content (AvgIpc) is 2.81. The van der Waals surface area contributed by atoms with Crippen LogP contribution in [-0.4, -0.2) is 6.54 Å². The van der Waals surface area contributed by atoms with Crippen LogP contribution in [-0.2, 0) is 6.42 Å². The molecule has 1 aliphatic rings. The van der Waals surface area contributed by atoms with Crippen molar-refractivity contribution >= 4 is 27.3 Å². The Morgan fingerprint density at radius 1 is 1.20 bits per heavy atom. The first kappa shape index (κ1) is 13.6. The fourth-order valence-corrected chi connectivity index (χ4v) is 3.24. The van der Waals surface area contributed by atoms with Gasteiger partial charge in [0.2, 0.25) is 0 Å². The summed E-state index contributed by atoms with van der Waals surface area (Å²) in [6, 6.07) is 11.1. The normalized spacial score (nSPS) is 15.3. The van der Waals surface area contributed by atoms with E-state index < -0.39 is 0 Å². The van der Waals surface area contributed by atoms with Crippen molar-refractivity contribution in [3.8, 4) is 0 Å². The molecule has 2 nitrogen and oxygen atoms in total. The number of hydrogen-bond acceptors (Lipinski definition) is 2. The minimum absolute atomic E-state index is 0.00339. The molecular formula is C16H16BrFN2. The van der Waals surface area contributed by atoms with Crippen LogP contribution in [0.5, 0.6) is 0 Å². The van der Waals surface area contributed by atoms with E-state index in [-0.39, 0.29) is 11.9 Å². The van der Waals surface area contributed by atoms with E-state index in [1.54, 1.807) is 6.07 Å². The highest BCUT2D eigenvalue weighted by molar-refractivity contribution is 9.10. The van der Waals surface area contributed by atoms with E-state index in [0.717, 1.165) is 34.4 Å². The van der Waals surface area contributed by atoms with Crippen molar-refractivity contribution in [3.05, 3.63) is 57.8 Å². The summed E-state index contributed by atoms with van der Waals surface area (Å²) >= 11 is 3.60. The lowest BCUT2D eigenvalue weighted by Crippen LogP contribution is -2.14. The Balaban J connectivity index is 2.02. The van der Waals surface area contributed by atoms with Gasteiger partial charge in [0.1, 0.15) is 5.82 Å². The van der Waals surface area contributed by atoms with E-state index >= 15 is 0 Å². The van der Waals surface area contributed by atoms with Gasteiger partial charge in [0, 0.05) is 22.7 Å². The van der Waals surface area contributed by atoms with Crippen LogP contribution in [0.4, 0.5) is 15.8 Å². The standard InChI is InChI=1S/C16H16BrFN2/c1-10(19)12-3-5-15(14(17)8-12)20-7-6-11-2-4-13(18)9-16(11)20/h2-5,8-10H,6-7,19H2,1H3/t10-/m0/s1. The molecule has 2 aromatic carbocycles. The van der Waals surface area contributed by atoms with Gasteiger partial charge in [-0.1, -0.05) is 12.1 Å². The molecule has 1 heterocycles. The Labute approximate surface area is 126 Å². The fraction of sp³-hybridized carbons (Fsp3) is 0.250. The molecule has 104 valence electrons. The highest BCUT2D eigenvalue weighted by Crippen LogP contribution is 2.39. The second-order valence-electron chi connectivity index (χ2n) is 5.17. The molecule has 0 amide bonds. The third-order valence-corrected chi connectivity index (χ3v) is 4.37. The molecular weight excluding hydrogens is 319 g/mol. The van der Waals surface area contributed by atoms with Gasteiger partial charge in [-0.05, 0) is 64.7 Å². The van der Waals surface area contributed by atoms with Crippen molar-refractivity contribution < 1.29 is 4.39 Å². The summed E-state index contributed by atoms with van der Waals surface area (Å²) in [5.74, 6) is -0.195. The van der Waals surface area contributed by atoms with Gasteiger partial charge in [0.25, 0.3) is 0 Å². The summed E-state index contributed by atoms with van der Waals surface area (Å²) in [6.07, 6.45) is 0.942. The number of benzene rings is 2. The number of anilines is 2. The van der Waals surface area contributed by atoms with Gasteiger partial charge in [-0.15, -0.1) is 0 Å². The highest BCUT2D eigenvalue weighted by Gasteiger charge is 2.22. The fourth-order valence-electron chi connectivity index (χ4n) is 2.63. The van der Waals surface area contributed by atoms with Crippen molar-refractivity contribution in [2.45, 2.75) is 19.4 Å². The zero-order valence-electron chi connectivity index (χ0n) is 11.2. The Hall–Kier alpha value is -1.39. The summed E-state index contributed by atoms with van der Waals surface area (Å²) in [6.45, 7) is 2.83. The first-order valence-electron chi connectivity index (χ1n) is 6.67. The van der Waals surface area contributed by atoms with Crippen molar-refractivity contribution in [2.24, 2.45) is 5.73 Å². The number of halogens is 2. The zero-order chi connectivity index (χ0) is 14.3. The van der Waals surface area contributed by atoms with Gasteiger partial charge in [0.05, 0.1) is 5.69 Å². The Morgan fingerprint density at radius 3 is 2.70 bits per heavy atom. The van der Waals surface area contributed by atoms with Crippen molar-refractivity contribution in [2.75, 3.05) is 11.4 Å². The Kier molecular flexibility index (Phi) is 3.52. The second kappa shape index (κ2) is 5.19. The van der Waals surface area contributed by atoms with Crippen LogP contribution in [0.15, 0.2) is 40.9 Å². The smallest absolute Gasteiger partial charge is 0.125 e. The van der Waals surface area contributed by atoms with Crippen LogP contribution in [0.1, 0.15) is 24.1 Å². The topological polar surface area (TPSA) is 29.3 Å². The van der Waals surface area contributed by atoms with Gasteiger partial charge >= 0.3 is 0 Å². The molecule has 0 saturated heterocycles. The van der Waals surface area contributed by atoms with Gasteiger partial charge in [0.15, 0.2) is 0 Å². The predicted molar refractivity (Wildman–Crippen MR) is 83.9 cm³/mol. The molecule has 20 heavy (non-hydrogen) atoms. The maximum Gasteiger partial charge on any atom is 0.125 e. The summed E-state index contributed by atoms with van der Waals surface area (Å²) in [4.78, 5) is 2.15. The molecule has 1 aliphatic heterocycles. The average molecular weight is 335 g/mol. The highest BCUT2D eigenvalue weighted by atomic mass is 79.9. The van der Waals surface area contributed by atoms with E-state index in [1.807, 2.05) is 31.2 Å². The predicted octanol–water partition coefficient (Wildman–Crippen LogP) is 4.30. The first-order valence-corrected chi connectivity index (χ1v) is 7.46. The van der Waals surface area contributed by atoms with Gasteiger partial charge in [-0.3, -0.25) is 0 Å². The van der Waals surface area contributed by atoms with E-state index in [1.165, 1.54) is 11.6 Å². The number of fused-ring (bicyclic) bond motifs is 1. The molecule has 0 unspecified atom stereocenters. The van der Waals surface area contributed by atoms with Crippen LogP contribution < -0.4 is 10.6 Å². The summed E-state index contributed by atoms with van der Waals surface area (Å²) < 4.78 is 14.5. The first-order chi connectivity index (χ1) is 9.56. The molecule has 0 bridgehead atoms. The molecule has 0 radical (unpaired) electrons. The number of hydrogen-bond donors (Lipinski definition) is 1.